The number of methoxy groups -OCH3 is 2. The summed E-state index contributed by atoms with van der Waals surface area (Å²) >= 11 is 0. The number of hydrogen-bond donors (Lipinski definition) is 5. The fraction of sp³-hybridized carbons (Fsp3) is 0.500. The number of carbonyl (C=O) groups is 4. The van der Waals surface area contributed by atoms with Gasteiger partial charge in [0.05, 0.1) is 37.8 Å². The summed E-state index contributed by atoms with van der Waals surface area (Å²) < 4.78 is 9.53. The van der Waals surface area contributed by atoms with Gasteiger partial charge in [-0.25, -0.2) is 19.6 Å². The van der Waals surface area contributed by atoms with Crippen molar-refractivity contribution < 1.29 is 28.7 Å². The van der Waals surface area contributed by atoms with Crippen molar-refractivity contribution in [3.63, 3.8) is 0 Å². The SMILES string of the molecule is COC(=O)N[C@H](C(=O)N[C@@H]1CCC[C@H]1c1ncc(-c2ccc(-c3ccc4c(c3)CCCc3[nH]c([C@@H]5CCCN5C(=O)[C@@H](NC(=O)OC)C(C)C)nc3-4)cc2)[nH]1)C(C)C. The van der Waals surface area contributed by atoms with Crippen LogP contribution >= 0.6 is 0 Å². The minimum Gasteiger partial charge on any atom is -0.453 e. The highest BCUT2D eigenvalue weighted by molar-refractivity contribution is 5.87. The molecule has 2 fully saturated rings. The highest BCUT2D eigenvalue weighted by Gasteiger charge is 2.39. The molecule has 308 valence electrons. The summed E-state index contributed by atoms with van der Waals surface area (Å²) in [7, 11) is 2.59. The molecule has 4 amide bonds. The van der Waals surface area contributed by atoms with Crippen LogP contribution in [-0.2, 0) is 31.9 Å². The molecule has 58 heavy (non-hydrogen) atoms. The molecular formula is C44H56N8O6. The fourth-order valence-corrected chi connectivity index (χ4v) is 8.82. The lowest BCUT2D eigenvalue weighted by Crippen LogP contribution is -2.52. The molecule has 0 spiro atoms. The van der Waals surface area contributed by atoms with Crippen molar-refractivity contribution in [3.05, 3.63) is 71.6 Å². The van der Waals surface area contributed by atoms with Gasteiger partial charge in [0.2, 0.25) is 11.8 Å². The zero-order chi connectivity index (χ0) is 41.1. The molecule has 0 radical (unpaired) electrons. The first-order chi connectivity index (χ1) is 27.9. The van der Waals surface area contributed by atoms with E-state index in [1.54, 1.807) is 0 Å². The number of alkyl carbamates (subject to hydrolysis) is 2. The molecule has 1 saturated heterocycles. The molecule has 7 rings (SSSR count). The molecule has 2 aliphatic carbocycles. The lowest BCUT2D eigenvalue weighted by Gasteiger charge is -2.30. The third kappa shape index (κ3) is 8.46. The number of imidazole rings is 2. The van der Waals surface area contributed by atoms with Gasteiger partial charge in [-0.05, 0) is 79.0 Å². The highest BCUT2D eigenvalue weighted by Crippen LogP contribution is 2.39. The Balaban J connectivity index is 1.04. The van der Waals surface area contributed by atoms with Crippen LogP contribution < -0.4 is 16.0 Å². The van der Waals surface area contributed by atoms with Gasteiger partial charge in [0.15, 0.2) is 0 Å². The number of aromatic nitrogens is 4. The van der Waals surface area contributed by atoms with Gasteiger partial charge in [-0.15, -0.1) is 0 Å². The van der Waals surface area contributed by atoms with Crippen LogP contribution in [0.25, 0.3) is 33.6 Å². The second kappa shape index (κ2) is 17.5. The Bertz CT molecular complexity index is 2120. The number of benzene rings is 2. The molecule has 1 saturated carbocycles. The third-order valence-corrected chi connectivity index (χ3v) is 12.0. The Morgan fingerprint density at radius 3 is 2.17 bits per heavy atom. The number of nitrogens with zero attached hydrogens (tertiary/aromatic N) is 3. The standard InChI is InChI=1S/C44H56N8O6/c1-24(2)36(50-43(55)57-5)41(53)48-32-12-8-11-31(32)39-45-23-34(47-39)27-17-15-26(16-18-27)28-19-20-30-29(22-28)10-7-13-33-38(30)49-40(46-33)35-14-9-21-52(35)42(54)37(25(3)4)51-44(56)58-6/h15-20,22-25,31-32,35-37H,7-14,21H2,1-6H3,(H,45,47)(H,46,49)(H,48,53)(H,50,55)(H,51,56)/t31-,32-,35+,36+,37+/m1/s1. The van der Waals surface area contributed by atoms with Crippen molar-refractivity contribution in [3.8, 4) is 33.6 Å². The van der Waals surface area contributed by atoms with Crippen molar-refractivity contribution in [1.82, 2.24) is 40.8 Å². The molecule has 0 unspecified atom stereocenters. The average Bonchev–Trinajstić information content (AvgIpc) is 4.05. The molecule has 14 nitrogen and oxygen atoms in total. The lowest BCUT2D eigenvalue weighted by molar-refractivity contribution is -0.135. The van der Waals surface area contributed by atoms with E-state index in [9.17, 15) is 19.2 Å². The molecule has 3 heterocycles. The van der Waals surface area contributed by atoms with Gasteiger partial charge in [0, 0.05) is 29.8 Å². The van der Waals surface area contributed by atoms with E-state index in [1.807, 2.05) is 38.8 Å². The second-order valence-corrected chi connectivity index (χ2v) is 16.5. The molecule has 3 aliphatic rings. The van der Waals surface area contributed by atoms with Crippen LogP contribution in [0.15, 0.2) is 48.7 Å². The van der Waals surface area contributed by atoms with E-state index in [-0.39, 0.29) is 41.7 Å². The molecule has 2 aromatic carbocycles. The number of rotatable bonds is 11. The zero-order valence-corrected chi connectivity index (χ0v) is 34.3. The summed E-state index contributed by atoms with van der Waals surface area (Å²) in [5, 5.41) is 8.57. The molecule has 1 aliphatic heterocycles. The van der Waals surface area contributed by atoms with Crippen LogP contribution in [0, 0.1) is 11.8 Å². The van der Waals surface area contributed by atoms with E-state index in [1.165, 1.54) is 19.8 Å². The molecule has 0 bridgehead atoms. The summed E-state index contributed by atoms with van der Waals surface area (Å²) in [6.07, 6.45) is 7.78. The van der Waals surface area contributed by atoms with Gasteiger partial charge in [0.25, 0.3) is 0 Å². The second-order valence-electron chi connectivity index (χ2n) is 16.5. The van der Waals surface area contributed by atoms with Gasteiger partial charge in [-0.2, -0.15) is 0 Å². The number of amides is 4. The Morgan fingerprint density at radius 1 is 0.776 bits per heavy atom. The van der Waals surface area contributed by atoms with Gasteiger partial charge >= 0.3 is 12.2 Å². The van der Waals surface area contributed by atoms with Crippen LogP contribution in [-0.4, -0.2) is 87.7 Å². The average molecular weight is 793 g/mol. The summed E-state index contributed by atoms with van der Waals surface area (Å²) in [4.78, 5) is 69.8. The maximum absolute atomic E-state index is 13.7. The predicted molar refractivity (Wildman–Crippen MR) is 220 cm³/mol. The maximum atomic E-state index is 13.7. The van der Waals surface area contributed by atoms with Crippen LogP contribution in [0.5, 0.6) is 0 Å². The zero-order valence-electron chi connectivity index (χ0n) is 34.3. The van der Waals surface area contributed by atoms with Crippen LogP contribution in [0.3, 0.4) is 0 Å². The Kier molecular flexibility index (Phi) is 12.2. The van der Waals surface area contributed by atoms with Gasteiger partial charge in [-0.1, -0.05) is 76.6 Å². The molecule has 2 aromatic heterocycles. The van der Waals surface area contributed by atoms with Gasteiger partial charge in [-0.3, -0.25) is 9.59 Å². The van der Waals surface area contributed by atoms with Crippen molar-refractivity contribution in [2.45, 2.75) is 109 Å². The normalized spacial score (nSPS) is 19.9. The third-order valence-electron chi connectivity index (χ3n) is 12.0. The Labute approximate surface area is 339 Å². The largest absolute Gasteiger partial charge is 0.453 e. The van der Waals surface area contributed by atoms with Crippen LogP contribution in [0.2, 0.25) is 0 Å². The van der Waals surface area contributed by atoms with Crippen molar-refractivity contribution in [2.75, 3.05) is 20.8 Å². The highest BCUT2D eigenvalue weighted by atomic mass is 16.5. The number of likely N-dealkylation sites (tertiary alicyclic amines) is 1. The Hall–Kier alpha value is -5.66. The molecule has 14 heteroatoms. The number of hydrogen-bond acceptors (Lipinski definition) is 8. The molecule has 5 atom stereocenters. The molecule has 5 N–H and O–H groups in total. The topological polar surface area (TPSA) is 183 Å². The van der Waals surface area contributed by atoms with Crippen molar-refractivity contribution in [1.29, 1.82) is 0 Å². The van der Waals surface area contributed by atoms with E-state index < -0.39 is 24.3 Å². The fourth-order valence-electron chi connectivity index (χ4n) is 8.82. The van der Waals surface area contributed by atoms with Crippen LogP contribution in [0.4, 0.5) is 9.59 Å². The maximum Gasteiger partial charge on any atom is 0.407 e. The summed E-state index contributed by atoms with van der Waals surface area (Å²) in [5.74, 6) is 1.15. The number of ether oxygens (including phenoxy) is 2. The predicted octanol–water partition coefficient (Wildman–Crippen LogP) is 6.80. The van der Waals surface area contributed by atoms with Crippen molar-refractivity contribution in [2.24, 2.45) is 11.8 Å². The monoisotopic (exact) mass is 792 g/mol. The minimum atomic E-state index is -0.691. The number of fused-ring (bicyclic) bond motifs is 3. The lowest BCUT2D eigenvalue weighted by atomic mass is 9.95. The van der Waals surface area contributed by atoms with E-state index in [0.717, 1.165) is 102 Å². The van der Waals surface area contributed by atoms with Gasteiger partial charge < -0.3 is 40.3 Å². The smallest absolute Gasteiger partial charge is 0.407 e. The number of carbonyl (C=O) groups excluding carboxylic acids is 4. The van der Waals surface area contributed by atoms with Crippen molar-refractivity contribution >= 4 is 24.0 Å². The summed E-state index contributed by atoms with van der Waals surface area (Å²) in [6.45, 7) is 8.24. The molecular weight excluding hydrogens is 737 g/mol. The minimum absolute atomic E-state index is 0.0424. The van der Waals surface area contributed by atoms with E-state index in [2.05, 4.69) is 68.4 Å². The number of H-pyrrole nitrogens is 2. The van der Waals surface area contributed by atoms with E-state index in [4.69, 9.17) is 19.4 Å². The number of aromatic amines is 2. The van der Waals surface area contributed by atoms with Gasteiger partial charge in [0.1, 0.15) is 23.7 Å². The first-order valence-electron chi connectivity index (χ1n) is 20.6. The first-order valence-corrected chi connectivity index (χ1v) is 20.6. The van der Waals surface area contributed by atoms with E-state index in [0.29, 0.717) is 6.54 Å². The summed E-state index contributed by atoms with van der Waals surface area (Å²) in [5.41, 5.74) is 8.58. The quantitative estimate of drug-likeness (QED) is 0.110. The Morgan fingerprint density at radius 2 is 1.47 bits per heavy atom. The number of aryl methyl sites for hydroxylation is 2. The summed E-state index contributed by atoms with van der Waals surface area (Å²) in [6, 6.07) is 13.4. The van der Waals surface area contributed by atoms with E-state index >= 15 is 0 Å². The van der Waals surface area contributed by atoms with Crippen LogP contribution in [0.1, 0.15) is 101 Å². The molecule has 4 aromatic rings. The first kappa shape index (κ1) is 40.5. The number of nitrogens with one attached hydrogen (secondary N) is 5.